The zero-order valence-electron chi connectivity index (χ0n) is 19.5. The van der Waals surface area contributed by atoms with Gasteiger partial charge in [0.1, 0.15) is 11.3 Å². The second-order valence-corrected chi connectivity index (χ2v) is 8.82. The Morgan fingerprint density at radius 1 is 1.09 bits per heavy atom. The lowest BCUT2D eigenvalue weighted by atomic mass is 9.97. The molecule has 6 nitrogen and oxygen atoms in total. The maximum Gasteiger partial charge on any atom is 0.290 e. The van der Waals surface area contributed by atoms with Crippen LogP contribution >= 0.6 is 0 Å². The molecule has 3 aromatic rings. The molecule has 32 heavy (non-hydrogen) atoms. The summed E-state index contributed by atoms with van der Waals surface area (Å²) in [5, 5.41) is 0.519. The van der Waals surface area contributed by atoms with Crippen LogP contribution in [-0.4, -0.2) is 44.6 Å². The summed E-state index contributed by atoms with van der Waals surface area (Å²) in [6.45, 7) is 7.90. The van der Waals surface area contributed by atoms with Crippen molar-refractivity contribution >= 4 is 16.9 Å². The number of amides is 1. The van der Waals surface area contributed by atoms with Gasteiger partial charge in [-0.15, -0.1) is 0 Å². The van der Waals surface area contributed by atoms with Crippen molar-refractivity contribution in [3.8, 4) is 5.75 Å². The van der Waals surface area contributed by atoms with Crippen LogP contribution in [0.1, 0.15) is 52.2 Å². The summed E-state index contributed by atoms with van der Waals surface area (Å²) >= 11 is 0. The van der Waals surface area contributed by atoms with Crippen LogP contribution in [0.5, 0.6) is 5.75 Å². The number of rotatable bonds is 7. The maximum atomic E-state index is 13.7. The zero-order chi connectivity index (χ0) is 23.0. The van der Waals surface area contributed by atoms with E-state index in [0.717, 1.165) is 35.4 Å². The average molecular weight is 436 g/mol. The SMILES string of the molecule is CCOc1cccc([C@@H]2c3c(oc4cc(C)c(C)cc4c3=O)C(=O)N2CCC[NH+](C)C)c1. The summed E-state index contributed by atoms with van der Waals surface area (Å²) in [4.78, 5) is 30.2. The fourth-order valence-electron chi connectivity index (χ4n) is 4.40. The number of nitrogens with one attached hydrogen (secondary N) is 1. The molecule has 1 aromatic heterocycles. The minimum absolute atomic E-state index is 0.134. The van der Waals surface area contributed by atoms with Gasteiger partial charge in [0, 0.05) is 13.0 Å². The number of fused-ring (bicyclic) bond motifs is 2. The molecule has 2 aromatic carbocycles. The van der Waals surface area contributed by atoms with Gasteiger partial charge in [0.05, 0.1) is 44.2 Å². The van der Waals surface area contributed by atoms with Crippen LogP contribution < -0.4 is 15.1 Å². The van der Waals surface area contributed by atoms with Gasteiger partial charge in [0.2, 0.25) is 5.76 Å². The molecule has 0 aliphatic carbocycles. The minimum atomic E-state index is -0.489. The predicted molar refractivity (Wildman–Crippen MR) is 125 cm³/mol. The summed E-state index contributed by atoms with van der Waals surface area (Å²) in [7, 11) is 4.18. The number of quaternary nitrogens is 1. The number of ether oxygens (including phenoxy) is 1. The molecule has 0 fully saturated rings. The zero-order valence-corrected chi connectivity index (χ0v) is 19.5. The lowest BCUT2D eigenvalue weighted by Crippen LogP contribution is -3.05. The van der Waals surface area contributed by atoms with Gasteiger partial charge in [0.15, 0.2) is 5.43 Å². The summed E-state index contributed by atoms with van der Waals surface area (Å²) in [5.74, 6) is 0.660. The van der Waals surface area contributed by atoms with Crippen LogP contribution in [0.3, 0.4) is 0 Å². The quantitative estimate of drug-likeness (QED) is 0.620. The Morgan fingerprint density at radius 3 is 2.56 bits per heavy atom. The molecule has 1 amide bonds. The first kappa shape index (κ1) is 22.1. The molecule has 0 unspecified atom stereocenters. The third kappa shape index (κ3) is 3.91. The normalized spacial score (nSPS) is 15.6. The van der Waals surface area contributed by atoms with Crippen molar-refractivity contribution in [2.24, 2.45) is 0 Å². The molecule has 0 saturated carbocycles. The minimum Gasteiger partial charge on any atom is -0.494 e. The molecule has 0 bridgehead atoms. The van der Waals surface area contributed by atoms with Gasteiger partial charge in [-0.25, -0.2) is 0 Å². The third-order valence-electron chi connectivity index (χ3n) is 6.14. The molecule has 0 spiro atoms. The number of hydrogen-bond donors (Lipinski definition) is 1. The molecule has 0 radical (unpaired) electrons. The first-order valence-corrected chi connectivity index (χ1v) is 11.2. The van der Waals surface area contributed by atoms with Crippen LogP contribution in [0.15, 0.2) is 45.6 Å². The Balaban J connectivity index is 1.89. The van der Waals surface area contributed by atoms with Crippen LogP contribution in [0.25, 0.3) is 11.0 Å². The number of aryl methyl sites for hydroxylation is 2. The van der Waals surface area contributed by atoms with Crippen LogP contribution in [-0.2, 0) is 0 Å². The lowest BCUT2D eigenvalue weighted by molar-refractivity contribution is -0.858. The summed E-state index contributed by atoms with van der Waals surface area (Å²) in [6, 6.07) is 10.9. The van der Waals surface area contributed by atoms with E-state index in [2.05, 4.69) is 14.1 Å². The highest BCUT2D eigenvalue weighted by molar-refractivity contribution is 5.99. The van der Waals surface area contributed by atoms with Crippen molar-refractivity contribution in [2.75, 3.05) is 33.8 Å². The smallest absolute Gasteiger partial charge is 0.290 e. The molecule has 1 aliphatic heterocycles. The molecule has 4 rings (SSSR count). The first-order valence-electron chi connectivity index (χ1n) is 11.2. The number of benzene rings is 2. The van der Waals surface area contributed by atoms with Gasteiger partial charge in [-0.3, -0.25) is 9.59 Å². The summed E-state index contributed by atoms with van der Waals surface area (Å²) in [6.07, 6.45) is 0.829. The van der Waals surface area contributed by atoms with Crippen molar-refractivity contribution in [1.82, 2.24) is 4.90 Å². The van der Waals surface area contributed by atoms with Gasteiger partial charge >= 0.3 is 0 Å². The van der Waals surface area contributed by atoms with E-state index in [-0.39, 0.29) is 17.1 Å². The summed E-state index contributed by atoms with van der Waals surface area (Å²) in [5.41, 5.74) is 3.66. The van der Waals surface area contributed by atoms with E-state index in [1.165, 1.54) is 4.90 Å². The highest BCUT2D eigenvalue weighted by Crippen LogP contribution is 2.39. The number of carbonyl (C=O) groups excluding carboxylic acids is 1. The van der Waals surface area contributed by atoms with Crippen molar-refractivity contribution in [2.45, 2.75) is 33.2 Å². The molecule has 1 aliphatic rings. The van der Waals surface area contributed by atoms with E-state index in [1.807, 2.05) is 57.2 Å². The highest BCUT2D eigenvalue weighted by Gasteiger charge is 2.42. The second-order valence-electron chi connectivity index (χ2n) is 8.82. The molecular weight excluding hydrogens is 404 g/mol. The van der Waals surface area contributed by atoms with Crippen molar-refractivity contribution < 1.29 is 18.8 Å². The fraction of sp³-hybridized carbons (Fsp3) is 0.385. The van der Waals surface area contributed by atoms with E-state index in [4.69, 9.17) is 9.15 Å². The Labute approximate surface area is 188 Å². The molecule has 0 saturated heterocycles. The lowest BCUT2D eigenvalue weighted by Gasteiger charge is -2.25. The fourth-order valence-corrected chi connectivity index (χ4v) is 4.40. The maximum absolute atomic E-state index is 13.7. The van der Waals surface area contributed by atoms with E-state index in [0.29, 0.717) is 29.7 Å². The van der Waals surface area contributed by atoms with Crippen molar-refractivity contribution in [3.05, 3.63) is 74.6 Å². The van der Waals surface area contributed by atoms with Crippen molar-refractivity contribution in [1.29, 1.82) is 0 Å². The van der Waals surface area contributed by atoms with Gasteiger partial charge < -0.3 is 19.0 Å². The molecule has 2 heterocycles. The van der Waals surface area contributed by atoms with Crippen molar-refractivity contribution in [3.63, 3.8) is 0 Å². The predicted octanol–water partition coefficient (Wildman–Crippen LogP) is 2.89. The van der Waals surface area contributed by atoms with Crippen LogP contribution in [0.2, 0.25) is 0 Å². The average Bonchev–Trinajstić information content (AvgIpc) is 3.02. The van der Waals surface area contributed by atoms with Crippen LogP contribution in [0, 0.1) is 13.8 Å². The molecule has 1 atom stereocenters. The van der Waals surface area contributed by atoms with E-state index in [1.54, 1.807) is 4.90 Å². The van der Waals surface area contributed by atoms with Gasteiger partial charge in [0.25, 0.3) is 5.91 Å². The van der Waals surface area contributed by atoms with Gasteiger partial charge in [-0.1, -0.05) is 12.1 Å². The molecule has 1 N–H and O–H groups in total. The summed E-state index contributed by atoms with van der Waals surface area (Å²) < 4.78 is 11.8. The molecule has 6 heteroatoms. The Bertz CT molecular complexity index is 1230. The Hall–Kier alpha value is -3.12. The Kier molecular flexibility index (Phi) is 6.07. The number of nitrogens with zero attached hydrogens (tertiary/aromatic N) is 1. The number of hydrogen-bond acceptors (Lipinski definition) is 4. The highest BCUT2D eigenvalue weighted by atomic mass is 16.5. The first-order chi connectivity index (χ1) is 15.3. The topological polar surface area (TPSA) is 64.2 Å². The number of carbonyl (C=O) groups is 1. The van der Waals surface area contributed by atoms with E-state index < -0.39 is 6.04 Å². The monoisotopic (exact) mass is 435 g/mol. The second kappa shape index (κ2) is 8.79. The standard InChI is InChI=1S/C26H30N2O4/c1-6-31-19-10-7-9-18(15-19)23-22-24(29)20-13-16(2)17(3)14-21(20)32-25(22)26(30)28(23)12-8-11-27(4)5/h7,9-10,13-15,23H,6,8,11-12H2,1-5H3/p+1/t23-/m1/s1. The van der Waals surface area contributed by atoms with Crippen LogP contribution in [0.4, 0.5) is 0 Å². The molecular formula is C26H31N2O4+. The third-order valence-corrected chi connectivity index (χ3v) is 6.14. The molecule has 168 valence electrons. The van der Waals surface area contributed by atoms with E-state index in [9.17, 15) is 9.59 Å². The van der Waals surface area contributed by atoms with E-state index >= 15 is 0 Å². The largest absolute Gasteiger partial charge is 0.494 e. The van der Waals surface area contributed by atoms with Gasteiger partial charge in [-0.05, 0) is 61.7 Å². The Morgan fingerprint density at radius 2 is 1.84 bits per heavy atom. The van der Waals surface area contributed by atoms with Gasteiger partial charge in [-0.2, -0.15) is 0 Å².